The number of nitrogens with zero attached hydrogens (tertiary/aromatic N) is 6. The molecule has 0 saturated carbocycles. The Kier molecular flexibility index (Phi) is 5.72. The Bertz CT molecular complexity index is 975. The third-order valence-electron chi connectivity index (χ3n) is 4.43. The standard InChI is InChI=1S/C19H25N7O2/c1-6-25-14(5)18(13(4)22-25)20-19(27)15-8-7-9-16(10-15)28-11-17-21-23-24-26(17)12(2)3/h7-10,12H,6,11H2,1-5H3,(H,20,27). The number of benzene rings is 1. The Balaban J connectivity index is 1.71. The molecule has 0 unspecified atom stereocenters. The van der Waals surface area contributed by atoms with Crippen molar-refractivity contribution in [3.8, 4) is 5.75 Å². The van der Waals surface area contributed by atoms with Gasteiger partial charge in [0.2, 0.25) is 0 Å². The number of carbonyl (C=O) groups is 1. The van der Waals surface area contributed by atoms with Gasteiger partial charge in [-0.25, -0.2) is 4.68 Å². The van der Waals surface area contributed by atoms with Gasteiger partial charge in [-0.05, 0) is 63.2 Å². The molecule has 1 amide bonds. The van der Waals surface area contributed by atoms with Crippen LogP contribution in [0.5, 0.6) is 5.75 Å². The van der Waals surface area contributed by atoms with Gasteiger partial charge in [0.05, 0.1) is 23.1 Å². The summed E-state index contributed by atoms with van der Waals surface area (Å²) in [5.41, 5.74) is 2.97. The maximum absolute atomic E-state index is 12.7. The molecule has 0 saturated heterocycles. The third kappa shape index (κ3) is 4.03. The molecular weight excluding hydrogens is 358 g/mol. The van der Waals surface area contributed by atoms with Gasteiger partial charge in [-0.3, -0.25) is 9.48 Å². The van der Waals surface area contributed by atoms with Crippen molar-refractivity contribution in [1.29, 1.82) is 0 Å². The zero-order chi connectivity index (χ0) is 20.3. The molecule has 1 N–H and O–H groups in total. The van der Waals surface area contributed by atoms with Crippen LogP contribution in [0.3, 0.4) is 0 Å². The topological polar surface area (TPSA) is 99.8 Å². The molecule has 0 aliphatic carbocycles. The van der Waals surface area contributed by atoms with Crippen molar-refractivity contribution in [3.63, 3.8) is 0 Å². The molecule has 148 valence electrons. The summed E-state index contributed by atoms with van der Waals surface area (Å²) >= 11 is 0. The fraction of sp³-hybridized carbons (Fsp3) is 0.421. The molecule has 3 rings (SSSR count). The van der Waals surface area contributed by atoms with E-state index < -0.39 is 0 Å². The number of aromatic nitrogens is 6. The molecule has 0 aliphatic heterocycles. The van der Waals surface area contributed by atoms with Gasteiger partial charge >= 0.3 is 0 Å². The summed E-state index contributed by atoms with van der Waals surface area (Å²) in [4.78, 5) is 12.7. The lowest BCUT2D eigenvalue weighted by molar-refractivity contribution is 0.102. The van der Waals surface area contributed by atoms with Crippen molar-refractivity contribution in [1.82, 2.24) is 30.0 Å². The molecule has 2 aromatic heterocycles. The number of ether oxygens (including phenoxy) is 1. The minimum atomic E-state index is -0.209. The molecular formula is C19H25N7O2. The molecule has 0 fully saturated rings. The number of tetrazole rings is 1. The predicted octanol–water partition coefficient (Wildman–Crippen LogP) is 2.92. The van der Waals surface area contributed by atoms with Gasteiger partial charge in [-0.1, -0.05) is 6.07 Å². The molecule has 0 spiro atoms. The number of nitrogens with one attached hydrogen (secondary N) is 1. The lowest BCUT2D eigenvalue weighted by atomic mass is 10.2. The number of rotatable bonds is 7. The average molecular weight is 383 g/mol. The molecule has 1 aromatic carbocycles. The second-order valence-corrected chi connectivity index (χ2v) is 6.77. The van der Waals surface area contributed by atoms with Crippen molar-refractivity contribution < 1.29 is 9.53 Å². The number of anilines is 1. The van der Waals surface area contributed by atoms with Crippen LogP contribution in [0.25, 0.3) is 0 Å². The summed E-state index contributed by atoms with van der Waals surface area (Å²) in [5, 5.41) is 19.0. The fourth-order valence-corrected chi connectivity index (χ4v) is 2.95. The zero-order valence-electron chi connectivity index (χ0n) is 16.8. The molecule has 9 nitrogen and oxygen atoms in total. The highest BCUT2D eigenvalue weighted by Crippen LogP contribution is 2.21. The summed E-state index contributed by atoms with van der Waals surface area (Å²) in [6.07, 6.45) is 0. The monoisotopic (exact) mass is 383 g/mol. The SMILES string of the molecule is CCn1nc(C)c(NC(=O)c2cccc(OCc3nnnn3C(C)C)c2)c1C. The normalized spacial score (nSPS) is 11.1. The van der Waals surface area contributed by atoms with Gasteiger partial charge in [0.15, 0.2) is 5.82 Å². The Hall–Kier alpha value is -3.23. The molecule has 0 atom stereocenters. The Morgan fingerprint density at radius 2 is 2.07 bits per heavy atom. The number of hydrogen-bond acceptors (Lipinski definition) is 6. The van der Waals surface area contributed by atoms with E-state index in [4.69, 9.17) is 4.74 Å². The van der Waals surface area contributed by atoms with E-state index in [0.717, 1.165) is 23.6 Å². The molecule has 0 bridgehead atoms. The maximum atomic E-state index is 12.7. The highest BCUT2D eigenvalue weighted by molar-refractivity contribution is 6.05. The second kappa shape index (κ2) is 8.20. The Morgan fingerprint density at radius 1 is 1.29 bits per heavy atom. The largest absolute Gasteiger partial charge is 0.486 e. The highest BCUT2D eigenvalue weighted by Gasteiger charge is 2.15. The first kappa shape index (κ1) is 19.5. The van der Waals surface area contributed by atoms with E-state index in [2.05, 4.69) is 25.9 Å². The van der Waals surface area contributed by atoms with E-state index in [-0.39, 0.29) is 18.6 Å². The van der Waals surface area contributed by atoms with Crippen molar-refractivity contribution >= 4 is 11.6 Å². The van der Waals surface area contributed by atoms with Crippen LogP contribution in [0.15, 0.2) is 24.3 Å². The number of hydrogen-bond donors (Lipinski definition) is 1. The van der Waals surface area contributed by atoms with E-state index >= 15 is 0 Å². The smallest absolute Gasteiger partial charge is 0.255 e. The molecule has 2 heterocycles. The van der Waals surface area contributed by atoms with Crippen LogP contribution >= 0.6 is 0 Å². The summed E-state index contributed by atoms with van der Waals surface area (Å²) in [5.74, 6) is 0.992. The van der Waals surface area contributed by atoms with Crippen LogP contribution < -0.4 is 10.1 Å². The van der Waals surface area contributed by atoms with Gasteiger partial charge in [0.25, 0.3) is 5.91 Å². The van der Waals surface area contributed by atoms with Crippen molar-refractivity contribution in [2.45, 2.75) is 53.8 Å². The molecule has 0 aliphatic rings. The number of carbonyl (C=O) groups excluding carboxylic acids is 1. The number of amides is 1. The van der Waals surface area contributed by atoms with Crippen LogP contribution in [0.2, 0.25) is 0 Å². The van der Waals surface area contributed by atoms with E-state index in [9.17, 15) is 4.79 Å². The predicted molar refractivity (Wildman–Crippen MR) is 104 cm³/mol. The van der Waals surface area contributed by atoms with Gasteiger partial charge in [0.1, 0.15) is 12.4 Å². The molecule has 28 heavy (non-hydrogen) atoms. The summed E-state index contributed by atoms with van der Waals surface area (Å²) in [6.45, 7) is 10.8. The zero-order valence-corrected chi connectivity index (χ0v) is 16.8. The third-order valence-corrected chi connectivity index (χ3v) is 4.43. The lowest BCUT2D eigenvalue weighted by Crippen LogP contribution is -2.14. The molecule has 3 aromatic rings. The number of aryl methyl sites for hydroxylation is 2. The summed E-state index contributed by atoms with van der Waals surface area (Å²) < 4.78 is 9.36. The van der Waals surface area contributed by atoms with Gasteiger partial charge in [-0.15, -0.1) is 5.10 Å². The molecule has 9 heteroatoms. The summed E-state index contributed by atoms with van der Waals surface area (Å²) in [7, 11) is 0. The van der Waals surface area contributed by atoms with E-state index in [1.54, 1.807) is 28.9 Å². The van der Waals surface area contributed by atoms with Crippen LogP contribution in [-0.4, -0.2) is 35.9 Å². The van der Waals surface area contributed by atoms with E-state index in [0.29, 0.717) is 17.1 Å². The highest BCUT2D eigenvalue weighted by atomic mass is 16.5. The minimum Gasteiger partial charge on any atom is -0.486 e. The van der Waals surface area contributed by atoms with Gasteiger partial charge in [-0.2, -0.15) is 5.10 Å². The summed E-state index contributed by atoms with van der Waals surface area (Å²) in [6, 6.07) is 7.17. The lowest BCUT2D eigenvalue weighted by Gasteiger charge is -2.10. The average Bonchev–Trinajstić information content (AvgIpc) is 3.26. The van der Waals surface area contributed by atoms with Crippen LogP contribution in [0, 0.1) is 13.8 Å². The van der Waals surface area contributed by atoms with Gasteiger partial charge in [0, 0.05) is 12.1 Å². The first-order valence-corrected chi connectivity index (χ1v) is 9.25. The Morgan fingerprint density at radius 3 is 2.75 bits per heavy atom. The minimum absolute atomic E-state index is 0.140. The van der Waals surface area contributed by atoms with Crippen LogP contribution in [-0.2, 0) is 13.2 Å². The van der Waals surface area contributed by atoms with E-state index in [1.165, 1.54) is 0 Å². The first-order chi connectivity index (χ1) is 13.4. The van der Waals surface area contributed by atoms with Crippen LogP contribution in [0.1, 0.15) is 54.4 Å². The van der Waals surface area contributed by atoms with Crippen LogP contribution in [0.4, 0.5) is 5.69 Å². The fourth-order valence-electron chi connectivity index (χ4n) is 2.95. The van der Waals surface area contributed by atoms with E-state index in [1.807, 2.05) is 39.3 Å². The van der Waals surface area contributed by atoms with Crippen molar-refractivity contribution in [2.75, 3.05) is 5.32 Å². The Labute approximate surface area is 163 Å². The second-order valence-electron chi connectivity index (χ2n) is 6.77. The maximum Gasteiger partial charge on any atom is 0.255 e. The first-order valence-electron chi connectivity index (χ1n) is 9.25. The van der Waals surface area contributed by atoms with Crippen molar-refractivity contribution in [2.24, 2.45) is 0 Å². The quantitative estimate of drug-likeness (QED) is 0.673. The molecule has 0 radical (unpaired) electrons. The van der Waals surface area contributed by atoms with Gasteiger partial charge < -0.3 is 10.1 Å². The van der Waals surface area contributed by atoms with Crippen molar-refractivity contribution in [3.05, 3.63) is 47.0 Å².